The lowest BCUT2D eigenvalue weighted by Crippen LogP contribution is -2.30. The van der Waals surface area contributed by atoms with Crippen LogP contribution in [0.3, 0.4) is 0 Å². The second-order valence-corrected chi connectivity index (χ2v) is 9.33. The summed E-state index contributed by atoms with van der Waals surface area (Å²) in [5, 5.41) is 4.20. The standard InChI is InChI=1S/C25H29N3O3S/c1-16-10-11-19(13-17(16)2)18(3)26-23(29)15-32-25-27-22-9-5-4-8-21(22)24(30)28(25)14-20-7-6-12-31-20/h4-5,8-11,13,18,20H,6-7,12,14-15H2,1-3H3,(H,26,29). The molecule has 0 spiro atoms. The predicted octanol–water partition coefficient (Wildman–Crippen LogP) is 4.16. The summed E-state index contributed by atoms with van der Waals surface area (Å²) < 4.78 is 7.42. The molecule has 6 nitrogen and oxygen atoms in total. The third kappa shape index (κ3) is 5.05. The molecule has 7 heteroatoms. The van der Waals surface area contributed by atoms with Crippen LogP contribution in [0.1, 0.15) is 42.5 Å². The van der Waals surface area contributed by atoms with E-state index in [0.717, 1.165) is 25.0 Å². The number of nitrogens with one attached hydrogen (secondary N) is 1. The average Bonchev–Trinajstić information content (AvgIpc) is 3.29. The molecule has 4 rings (SSSR count). The highest BCUT2D eigenvalue weighted by Crippen LogP contribution is 2.22. The van der Waals surface area contributed by atoms with Crippen LogP contribution in [0.4, 0.5) is 0 Å². The van der Waals surface area contributed by atoms with Crippen molar-refractivity contribution < 1.29 is 9.53 Å². The van der Waals surface area contributed by atoms with Crippen molar-refractivity contribution in [2.75, 3.05) is 12.4 Å². The summed E-state index contributed by atoms with van der Waals surface area (Å²) in [6.45, 7) is 7.31. The molecule has 2 aromatic carbocycles. The van der Waals surface area contributed by atoms with Gasteiger partial charge >= 0.3 is 0 Å². The number of carbonyl (C=O) groups excluding carboxylic acids is 1. The topological polar surface area (TPSA) is 73.2 Å². The summed E-state index contributed by atoms with van der Waals surface area (Å²) in [6, 6.07) is 13.5. The molecular formula is C25H29N3O3S. The predicted molar refractivity (Wildman–Crippen MR) is 128 cm³/mol. The zero-order chi connectivity index (χ0) is 22.7. The smallest absolute Gasteiger partial charge is 0.262 e. The largest absolute Gasteiger partial charge is 0.376 e. The number of aryl methyl sites for hydroxylation is 2. The van der Waals surface area contributed by atoms with Crippen molar-refractivity contribution in [3.05, 3.63) is 69.5 Å². The number of rotatable bonds is 7. The van der Waals surface area contributed by atoms with Gasteiger partial charge < -0.3 is 10.1 Å². The molecule has 2 heterocycles. The van der Waals surface area contributed by atoms with Gasteiger partial charge in [0.05, 0.1) is 35.3 Å². The maximum absolute atomic E-state index is 13.2. The summed E-state index contributed by atoms with van der Waals surface area (Å²) in [5.41, 5.74) is 4.07. The number of aromatic nitrogens is 2. The van der Waals surface area contributed by atoms with Gasteiger partial charge in [0.15, 0.2) is 5.16 Å². The molecule has 1 aliphatic rings. The van der Waals surface area contributed by atoms with Crippen LogP contribution in [-0.2, 0) is 16.1 Å². The van der Waals surface area contributed by atoms with Crippen molar-refractivity contribution in [3.63, 3.8) is 0 Å². The van der Waals surface area contributed by atoms with E-state index in [1.807, 2.05) is 31.2 Å². The second kappa shape index (κ2) is 9.88. The highest BCUT2D eigenvalue weighted by atomic mass is 32.2. The van der Waals surface area contributed by atoms with Gasteiger partial charge in [0.1, 0.15) is 0 Å². The Morgan fingerprint density at radius 1 is 1.25 bits per heavy atom. The first kappa shape index (κ1) is 22.6. The van der Waals surface area contributed by atoms with Crippen LogP contribution < -0.4 is 10.9 Å². The Balaban J connectivity index is 1.50. The molecule has 0 bridgehead atoms. The molecule has 1 aromatic heterocycles. The van der Waals surface area contributed by atoms with Crippen LogP contribution in [-0.4, -0.2) is 33.9 Å². The van der Waals surface area contributed by atoms with Crippen molar-refractivity contribution in [1.82, 2.24) is 14.9 Å². The molecule has 0 saturated carbocycles. The van der Waals surface area contributed by atoms with Crippen molar-refractivity contribution in [1.29, 1.82) is 0 Å². The Morgan fingerprint density at radius 3 is 2.81 bits per heavy atom. The van der Waals surface area contributed by atoms with E-state index in [9.17, 15) is 9.59 Å². The molecule has 168 valence electrons. The average molecular weight is 452 g/mol. The van der Waals surface area contributed by atoms with Crippen LogP contribution in [0.25, 0.3) is 10.9 Å². The quantitative estimate of drug-likeness (QED) is 0.431. The van der Waals surface area contributed by atoms with Crippen LogP contribution in [0.5, 0.6) is 0 Å². The number of thioether (sulfide) groups is 1. The summed E-state index contributed by atoms with van der Waals surface area (Å²) in [4.78, 5) is 30.5. The normalized spacial score (nSPS) is 16.9. The molecule has 1 N–H and O–H groups in total. The number of para-hydroxylation sites is 1. The Labute approximate surface area is 192 Å². The number of amides is 1. The summed E-state index contributed by atoms with van der Waals surface area (Å²) in [7, 11) is 0. The third-order valence-electron chi connectivity index (χ3n) is 5.98. The van der Waals surface area contributed by atoms with E-state index in [2.05, 4.69) is 31.3 Å². The van der Waals surface area contributed by atoms with Gasteiger partial charge in [0, 0.05) is 6.61 Å². The summed E-state index contributed by atoms with van der Waals surface area (Å²) in [6.07, 6.45) is 1.94. The Morgan fingerprint density at radius 2 is 2.06 bits per heavy atom. The van der Waals surface area contributed by atoms with Crippen LogP contribution in [0.15, 0.2) is 52.4 Å². The molecule has 32 heavy (non-hydrogen) atoms. The third-order valence-corrected chi connectivity index (χ3v) is 6.95. The first-order chi connectivity index (χ1) is 15.4. The lowest BCUT2D eigenvalue weighted by Gasteiger charge is -2.18. The molecule has 0 radical (unpaired) electrons. The number of nitrogens with zero attached hydrogens (tertiary/aromatic N) is 2. The maximum atomic E-state index is 13.2. The van der Waals surface area contributed by atoms with Gasteiger partial charge in [-0.2, -0.15) is 0 Å². The fourth-order valence-electron chi connectivity index (χ4n) is 3.94. The van der Waals surface area contributed by atoms with Crippen LogP contribution in [0.2, 0.25) is 0 Å². The SMILES string of the molecule is Cc1ccc(C(C)NC(=O)CSc2nc3ccccc3c(=O)n2CC2CCCO2)cc1C. The van der Waals surface area contributed by atoms with Gasteiger partial charge in [0.25, 0.3) is 5.56 Å². The van der Waals surface area contributed by atoms with E-state index in [0.29, 0.717) is 22.6 Å². The minimum atomic E-state index is -0.0963. The van der Waals surface area contributed by atoms with E-state index in [4.69, 9.17) is 9.72 Å². The van der Waals surface area contributed by atoms with Gasteiger partial charge in [-0.25, -0.2) is 4.98 Å². The number of fused-ring (bicyclic) bond motifs is 1. The minimum absolute atomic E-state index is 0.00800. The van der Waals surface area contributed by atoms with Crippen molar-refractivity contribution in [2.24, 2.45) is 0 Å². The molecule has 3 aromatic rings. The number of benzene rings is 2. The molecular weight excluding hydrogens is 422 g/mol. The lowest BCUT2D eigenvalue weighted by atomic mass is 10.0. The maximum Gasteiger partial charge on any atom is 0.262 e. The van der Waals surface area contributed by atoms with Crippen LogP contribution in [0, 0.1) is 13.8 Å². The Kier molecular flexibility index (Phi) is 6.96. The lowest BCUT2D eigenvalue weighted by molar-refractivity contribution is -0.119. The fraction of sp³-hybridized carbons (Fsp3) is 0.400. The number of hydrogen-bond donors (Lipinski definition) is 1. The number of carbonyl (C=O) groups is 1. The van der Waals surface area contributed by atoms with E-state index >= 15 is 0 Å². The molecule has 1 amide bonds. The van der Waals surface area contributed by atoms with E-state index in [1.54, 1.807) is 10.6 Å². The van der Waals surface area contributed by atoms with Crippen molar-refractivity contribution in [2.45, 2.75) is 57.5 Å². The zero-order valence-electron chi connectivity index (χ0n) is 18.8. The monoisotopic (exact) mass is 451 g/mol. The summed E-state index contributed by atoms with van der Waals surface area (Å²) in [5.74, 6) is 0.0951. The second-order valence-electron chi connectivity index (χ2n) is 8.38. The van der Waals surface area contributed by atoms with Gasteiger partial charge in [-0.1, -0.05) is 42.1 Å². The van der Waals surface area contributed by atoms with Gasteiger partial charge in [-0.05, 0) is 62.4 Å². The highest BCUT2D eigenvalue weighted by molar-refractivity contribution is 7.99. The molecule has 2 unspecified atom stereocenters. The van der Waals surface area contributed by atoms with E-state index in [-0.39, 0.29) is 29.4 Å². The van der Waals surface area contributed by atoms with Gasteiger partial charge in [-0.15, -0.1) is 0 Å². The van der Waals surface area contributed by atoms with Crippen molar-refractivity contribution in [3.8, 4) is 0 Å². The molecule has 1 aliphatic heterocycles. The molecule has 1 saturated heterocycles. The minimum Gasteiger partial charge on any atom is -0.376 e. The van der Waals surface area contributed by atoms with Gasteiger partial charge in [-0.3, -0.25) is 14.2 Å². The van der Waals surface area contributed by atoms with Crippen molar-refractivity contribution >= 4 is 28.6 Å². The Hall–Kier alpha value is -2.64. The van der Waals surface area contributed by atoms with E-state index in [1.165, 1.54) is 22.9 Å². The number of ether oxygens (including phenoxy) is 1. The molecule has 2 atom stereocenters. The fourth-order valence-corrected chi connectivity index (χ4v) is 4.76. The molecule has 0 aliphatic carbocycles. The van der Waals surface area contributed by atoms with Crippen LogP contribution >= 0.6 is 11.8 Å². The Bertz CT molecular complexity index is 1180. The van der Waals surface area contributed by atoms with E-state index < -0.39 is 0 Å². The van der Waals surface area contributed by atoms with Gasteiger partial charge in [0.2, 0.25) is 5.91 Å². The highest BCUT2D eigenvalue weighted by Gasteiger charge is 2.21. The molecule has 1 fully saturated rings. The first-order valence-corrected chi connectivity index (χ1v) is 12.0. The zero-order valence-corrected chi connectivity index (χ0v) is 19.6. The first-order valence-electron chi connectivity index (χ1n) is 11.0. The number of hydrogen-bond acceptors (Lipinski definition) is 5. The summed E-state index contributed by atoms with van der Waals surface area (Å²) >= 11 is 1.29.